The fourth-order valence-corrected chi connectivity index (χ4v) is 2.89. The molecule has 0 spiro atoms. The lowest BCUT2D eigenvalue weighted by molar-refractivity contribution is 0.207. The summed E-state index contributed by atoms with van der Waals surface area (Å²) in [5, 5.41) is 3.42. The lowest BCUT2D eigenvalue weighted by Crippen LogP contribution is -2.35. The molecular weight excluding hydrogens is 248 g/mol. The Kier molecular flexibility index (Phi) is 4.14. The Bertz CT molecular complexity index is 534. The van der Waals surface area contributed by atoms with Crippen LogP contribution in [0, 0.1) is 0 Å². The van der Waals surface area contributed by atoms with Crippen LogP contribution in [0.3, 0.4) is 0 Å². The first-order valence-corrected chi connectivity index (χ1v) is 7.31. The van der Waals surface area contributed by atoms with Crippen LogP contribution >= 0.6 is 0 Å². The third-order valence-electron chi connectivity index (χ3n) is 4.11. The highest BCUT2D eigenvalue weighted by molar-refractivity contribution is 5.18. The summed E-state index contributed by atoms with van der Waals surface area (Å²) in [5.41, 5.74) is 1.37. The van der Waals surface area contributed by atoms with Gasteiger partial charge in [0.25, 0.3) is 0 Å². The second-order valence-corrected chi connectivity index (χ2v) is 5.35. The van der Waals surface area contributed by atoms with Gasteiger partial charge >= 0.3 is 0 Å². The summed E-state index contributed by atoms with van der Waals surface area (Å²) in [6.07, 6.45) is 5.10. The number of hydrogen-bond acceptors (Lipinski definition) is 3. The highest BCUT2D eigenvalue weighted by Crippen LogP contribution is 2.18. The quantitative estimate of drug-likeness (QED) is 0.902. The zero-order valence-electron chi connectivity index (χ0n) is 12.0. The van der Waals surface area contributed by atoms with Gasteiger partial charge in [0.15, 0.2) is 0 Å². The Morgan fingerprint density at radius 3 is 2.90 bits per heavy atom. The SMILES string of the molecule is CNC(CCN1CCn2ccnc2C1)c1ccccc1. The van der Waals surface area contributed by atoms with Gasteiger partial charge in [0.2, 0.25) is 0 Å². The third-order valence-corrected chi connectivity index (χ3v) is 4.11. The van der Waals surface area contributed by atoms with Gasteiger partial charge in [0.1, 0.15) is 5.82 Å². The van der Waals surface area contributed by atoms with Gasteiger partial charge in [-0.1, -0.05) is 30.3 Å². The van der Waals surface area contributed by atoms with Crippen LogP contribution < -0.4 is 5.32 Å². The molecule has 0 saturated heterocycles. The molecule has 2 heterocycles. The number of imidazole rings is 1. The number of aromatic nitrogens is 2. The van der Waals surface area contributed by atoms with Gasteiger partial charge < -0.3 is 9.88 Å². The van der Waals surface area contributed by atoms with Crippen molar-refractivity contribution >= 4 is 0 Å². The molecule has 4 nitrogen and oxygen atoms in total. The van der Waals surface area contributed by atoms with Crippen LogP contribution in [0.5, 0.6) is 0 Å². The molecule has 1 atom stereocenters. The van der Waals surface area contributed by atoms with E-state index < -0.39 is 0 Å². The van der Waals surface area contributed by atoms with Gasteiger partial charge in [-0.3, -0.25) is 4.90 Å². The van der Waals surface area contributed by atoms with E-state index in [9.17, 15) is 0 Å². The van der Waals surface area contributed by atoms with Crippen molar-refractivity contribution in [2.75, 3.05) is 20.1 Å². The molecule has 0 bridgehead atoms. The lowest BCUT2D eigenvalue weighted by atomic mass is 10.0. The van der Waals surface area contributed by atoms with E-state index in [1.807, 2.05) is 13.2 Å². The summed E-state index contributed by atoms with van der Waals surface area (Å²) in [5.74, 6) is 1.19. The summed E-state index contributed by atoms with van der Waals surface area (Å²) in [6.45, 7) is 4.25. The first-order valence-electron chi connectivity index (χ1n) is 7.31. The van der Waals surface area contributed by atoms with Gasteiger partial charge in [-0.15, -0.1) is 0 Å². The largest absolute Gasteiger partial charge is 0.333 e. The highest BCUT2D eigenvalue weighted by atomic mass is 15.2. The van der Waals surface area contributed by atoms with Gasteiger partial charge in [0.05, 0.1) is 6.54 Å². The molecule has 0 amide bonds. The average molecular weight is 270 g/mol. The fourth-order valence-electron chi connectivity index (χ4n) is 2.89. The van der Waals surface area contributed by atoms with E-state index in [4.69, 9.17) is 0 Å². The van der Waals surface area contributed by atoms with Crippen molar-refractivity contribution in [1.29, 1.82) is 0 Å². The first kappa shape index (κ1) is 13.3. The molecule has 1 aliphatic rings. The molecule has 1 aliphatic heterocycles. The number of fused-ring (bicyclic) bond motifs is 1. The van der Waals surface area contributed by atoms with Crippen molar-refractivity contribution in [3.05, 3.63) is 54.1 Å². The number of nitrogens with one attached hydrogen (secondary N) is 1. The number of nitrogens with zero attached hydrogens (tertiary/aromatic N) is 3. The molecule has 0 radical (unpaired) electrons. The minimum Gasteiger partial charge on any atom is -0.333 e. The first-order chi connectivity index (χ1) is 9.86. The van der Waals surface area contributed by atoms with Crippen LogP contribution in [0.2, 0.25) is 0 Å². The van der Waals surface area contributed by atoms with Crippen molar-refractivity contribution in [1.82, 2.24) is 19.8 Å². The van der Waals surface area contributed by atoms with Crippen molar-refractivity contribution in [2.45, 2.75) is 25.6 Å². The van der Waals surface area contributed by atoms with Gasteiger partial charge in [-0.2, -0.15) is 0 Å². The molecule has 1 aromatic heterocycles. The highest BCUT2D eigenvalue weighted by Gasteiger charge is 2.17. The predicted octanol–water partition coefficient (Wildman–Crippen LogP) is 2.05. The maximum absolute atomic E-state index is 4.42. The molecule has 0 aliphatic carbocycles. The van der Waals surface area contributed by atoms with Gasteiger partial charge in [-0.05, 0) is 19.0 Å². The van der Waals surface area contributed by atoms with Gasteiger partial charge in [0, 0.05) is 38.1 Å². The van der Waals surface area contributed by atoms with E-state index in [0.29, 0.717) is 6.04 Å². The Morgan fingerprint density at radius 1 is 1.25 bits per heavy atom. The molecule has 1 N–H and O–H groups in total. The number of rotatable bonds is 5. The third kappa shape index (κ3) is 2.92. The average Bonchev–Trinajstić information content (AvgIpc) is 2.96. The maximum Gasteiger partial charge on any atom is 0.122 e. The van der Waals surface area contributed by atoms with E-state index in [1.54, 1.807) is 0 Å². The summed E-state index contributed by atoms with van der Waals surface area (Å²) >= 11 is 0. The second-order valence-electron chi connectivity index (χ2n) is 5.35. The van der Waals surface area contributed by atoms with E-state index in [-0.39, 0.29) is 0 Å². The predicted molar refractivity (Wildman–Crippen MR) is 80.4 cm³/mol. The zero-order valence-corrected chi connectivity index (χ0v) is 12.0. The molecule has 4 heteroatoms. The van der Waals surface area contributed by atoms with Crippen molar-refractivity contribution in [2.24, 2.45) is 0 Å². The lowest BCUT2D eigenvalue weighted by Gasteiger charge is -2.29. The smallest absolute Gasteiger partial charge is 0.122 e. The van der Waals surface area contributed by atoms with Crippen LogP contribution in [0.15, 0.2) is 42.7 Å². The molecule has 106 valence electrons. The minimum atomic E-state index is 0.429. The van der Waals surface area contributed by atoms with Crippen LogP contribution in [-0.4, -0.2) is 34.6 Å². The fraction of sp³-hybridized carbons (Fsp3) is 0.438. The van der Waals surface area contributed by atoms with Crippen molar-refractivity contribution in [3.8, 4) is 0 Å². The Morgan fingerprint density at radius 2 is 2.10 bits per heavy atom. The normalized spacial score (nSPS) is 16.9. The summed E-state index contributed by atoms with van der Waals surface area (Å²) in [7, 11) is 2.04. The molecule has 20 heavy (non-hydrogen) atoms. The van der Waals surface area contributed by atoms with Crippen LogP contribution in [-0.2, 0) is 13.1 Å². The maximum atomic E-state index is 4.42. The van der Waals surface area contributed by atoms with Crippen LogP contribution in [0.1, 0.15) is 23.9 Å². The standard InChI is InChI=1S/C16H22N4/c1-17-15(14-5-3-2-4-6-14)7-9-19-11-12-20-10-8-18-16(20)13-19/h2-6,8,10,15,17H,7,9,11-13H2,1H3. The number of hydrogen-bond donors (Lipinski definition) is 1. The monoisotopic (exact) mass is 270 g/mol. The van der Waals surface area contributed by atoms with E-state index in [1.165, 1.54) is 11.4 Å². The zero-order chi connectivity index (χ0) is 13.8. The van der Waals surface area contributed by atoms with Crippen molar-refractivity contribution < 1.29 is 0 Å². The molecule has 1 unspecified atom stereocenters. The van der Waals surface area contributed by atoms with E-state index >= 15 is 0 Å². The Labute approximate surface area is 120 Å². The molecule has 0 saturated carbocycles. The molecule has 0 fully saturated rings. The van der Waals surface area contributed by atoms with E-state index in [0.717, 1.165) is 32.6 Å². The topological polar surface area (TPSA) is 33.1 Å². The Hall–Kier alpha value is -1.65. The van der Waals surface area contributed by atoms with E-state index in [2.05, 4.69) is 56.3 Å². The second kappa shape index (κ2) is 6.20. The Balaban J connectivity index is 1.57. The molecule has 3 rings (SSSR count). The molecule has 1 aromatic carbocycles. The van der Waals surface area contributed by atoms with Crippen molar-refractivity contribution in [3.63, 3.8) is 0 Å². The van der Waals surface area contributed by atoms with Crippen LogP contribution in [0.25, 0.3) is 0 Å². The van der Waals surface area contributed by atoms with Crippen LogP contribution in [0.4, 0.5) is 0 Å². The summed E-state index contributed by atoms with van der Waals surface area (Å²) in [4.78, 5) is 6.91. The molecule has 2 aromatic rings. The summed E-state index contributed by atoms with van der Waals surface area (Å²) in [6, 6.07) is 11.1. The number of benzene rings is 1. The minimum absolute atomic E-state index is 0.429. The summed E-state index contributed by atoms with van der Waals surface area (Å²) < 4.78 is 2.25. The van der Waals surface area contributed by atoms with Gasteiger partial charge in [-0.25, -0.2) is 4.98 Å². The molecular formula is C16H22N4.